The number of hydrogen-bond acceptors (Lipinski definition) is 3. The molecule has 0 unspecified atom stereocenters. The maximum absolute atomic E-state index is 13.2. The second-order valence-corrected chi connectivity index (χ2v) is 7.12. The molecule has 0 saturated heterocycles. The molecule has 1 aromatic carbocycles. The Morgan fingerprint density at radius 3 is 2.40 bits per heavy atom. The van der Waals surface area contributed by atoms with Crippen molar-refractivity contribution in [2.75, 3.05) is 6.61 Å². The summed E-state index contributed by atoms with van der Waals surface area (Å²) < 4.78 is 47.2. The first-order valence-corrected chi connectivity index (χ1v) is 9.17. The van der Waals surface area contributed by atoms with Crippen LogP contribution in [0.3, 0.4) is 0 Å². The maximum Gasteiger partial charge on any atom is 0.278 e. The number of aromatic nitrogens is 3. The third-order valence-electron chi connectivity index (χ3n) is 4.64. The number of benzene rings is 1. The highest BCUT2D eigenvalue weighted by atomic mass is 19.3. The number of imidazole rings is 1. The number of rotatable bonds is 5. The Hall–Kier alpha value is -3.55. The van der Waals surface area contributed by atoms with Gasteiger partial charge in [0.2, 0.25) is 0 Å². The zero-order valence-corrected chi connectivity index (χ0v) is 16.3. The molecule has 3 heterocycles. The Morgan fingerprint density at radius 2 is 1.70 bits per heavy atom. The summed E-state index contributed by atoms with van der Waals surface area (Å²) in [6.45, 7) is -0.0729. The van der Waals surface area contributed by atoms with Crippen LogP contribution in [0.15, 0.2) is 65.7 Å². The summed E-state index contributed by atoms with van der Waals surface area (Å²) in [5, 5.41) is 0. The number of hydrogen-bond donors (Lipinski definition) is 0. The van der Waals surface area contributed by atoms with E-state index in [1.165, 1.54) is 35.9 Å². The van der Waals surface area contributed by atoms with Gasteiger partial charge in [-0.1, -0.05) is 12.1 Å². The standard InChI is InChI=1S/C22H18F3N3O2/c1-22(24,25)13-30-20-10-8-17(21(29)27(20)2)18-12-28-11-15(5-9-19(28)26-18)14-3-6-16(23)7-4-14/h3-12H,13H2,1-2H3. The highest BCUT2D eigenvalue weighted by Gasteiger charge is 2.23. The van der Waals surface area contributed by atoms with E-state index in [1.54, 1.807) is 28.8 Å². The zero-order chi connectivity index (χ0) is 21.5. The summed E-state index contributed by atoms with van der Waals surface area (Å²) in [5.41, 5.74) is 2.69. The molecule has 0 radical (unpaired) electrons. The summed E-state index contributed by atoms with van der Waals surface area (Å²) >= 11 is 0. The number of fused-ring (bicyclic) bond motifs is 1. The van der Waals surface area contributed by atoms with E-state index in [0.717, 1.165) is 18.1 Å². The third-order valence-corrected chi connectivity index (χ3v) is 4.64. The molecule has 0 saturated carbocycles. The topological polar surface area (TPSA) is 48.5 Å². The van der Waals surface area contributed by atoms with Gasteiger partial charge in [-0.2, -0.15) is 0 Å². The van der Waals surface area contributed by atoms with Crippen LogP contribution in [0, 0.1) is 5.82 Å². The van der Waals surface area contributed by atoms with Crippen LogP contribution >= 0.6 is 0 Å². The van der Waals surface area contributed by atoms with Gasteiger partial charge in [0.25, 0.3) is 11.5 Å². The van der Waals surface area contributed by atoms with Gasteiger partial charge in [-0.3, -0.25) is 9.36 Å². The molecule has 154 valence electrons. The molecule has 0 spiro atoms. The second kappa shape index (κ2) is 7.37. The van der Waals surface area contributed by atoms with Gasteiger partial charge < -0.3 is 9.14 Å². The van der Waals surface area contributed by atoms with Gasteiger partial charge in [-0.05, 0) is 47.5 Å². The van der Waals surface area contributed by atoms with E-state index in [0.29, 0.717) is 16.9 Å². The molecular formula is C22H18F3N3O2. The van der Waals surface area contributed by atoms with Crippen LogP contribution in [-0.2, 0) is 7.05 Å². The molecule has 0 fully saturated rings. The highest BCUT2D eigenvalue weighted by molar-refractivity contribution is 5.67. The number of nitrogens with zero attached hydrogens (tertiary/aromatic N) is 3. The lowest BCUT2D eigenvalue weighted by atomic mass is 10.1. The molecule has 4 aromatic rings. The molecule has 3 aromatic heterocycles. The lowest BCUT2D eigenvalue weighted by Crippen LogP contribution is -2.25. The van der Waals surface area contributed by atoms with Crippen molar-refractivity contribution in [3.05, 3.63) is 77.1 Å². The van der Waals surface area contributed by atoms with Crippen LogP contribution in [-0.4, -0.2) is 26.5 Å². The van der Waals surface area contributed by atoms with Crippen molar-refractivity contribution < 1.29 is 17.9 Å². The molecular weight excluding hydrogens is 395 g/mol. The minimum Gasteiger partial charge on any atom is -0.472 e. The minimum absolute atomic E-state index is 0.0487. The molecule has 0 aliphatic heterocycles. The first kappa shape index (κ1) is 19.8. The van der Waals surface area contributed by atoms with Gasteiger partial charge in [-0.15, -0.1) is 0 Å². The highest BCUT2D eigenvalue weighted by Crippen LogP contribution is 2.24. The SMILES string of the molecule is Cn1c(OCC(C)(F)F)ccc(-c2cn3cc(-c4ccc(F)cc4)ccc3n2)c1=O. The van der Waals surface area contributed by atoms with Gasteiger partial charge in [0.05, 0.1) is 11.3 Å². The molecule has 0 N–H and O–H groups in total. The fraction of sp³-hybridized carbons (Fsp3) is 0.182. The third kappa shape index (κ3) is 3.94. The monoisotopic (exact) mass is 413 g/mol. The fourth-order valence-electron chi connectivity index (χ4n) is 3.09. The average Bonchev–Trinajstić information content (AvgIpc) is 3.12. The van der Waals surface area contributed by atoms with Crippen LogP contribution in [0.4, 0.5) is 13.2 Å². The van der Waals surface area contributed by atoms with Gasteiger partial charge in [0.1, 0.15) is 11.5 Å². The van der Waals surface area contributed by atoms with Crippen molar-refractivity contribution in [1.82, 2.24) is 14.0 Å². The summed E-state index contributed by atoms with van der Waals surface area (Å²) in [4.78, 5) is 17.2. The van der Waals surface area contributed by atoms with E-state index in [9.17, 15) is 18.0 Å². The van der Waals surface area contributed by atoms with Crippen LogP contribution in [0.25, 0.3) is 28.0 Å². The van der Waals surface area contributed by atoms with Crippen LogP contribution in [0.2, 0.25) is 0 Å². The van der Waals surface area contributed by atoms with E-state index < -0.39 is 18.1 Å². The molecule has 0 bridgehead atoms. The maximum atomic E-state index is 13.2. The predicted octanol–water partition coefficient (Wildman–Crippen LogP) is 4.54. The quantitative estimate of drug-likeness (QED) is 0.483. The van der Waals surface area contributed by atoms with E-state index in [-0.39, 0.29) is 11.7 Å². The normalized spacial score (nSPS) is 11.8. The average molecular weight is 413 g/mol. The zero-order valence-electron chi connectivity index (χ0n) is 16.3. The first-order valence-electron chi connectivity index (χ1n) is 9.17. The molecule has 0 aliphatic rings. The van der Waals surface area contributed by atoms with E-state index in [4.69, 9.17) is 4.74 Å². The smallest absolute Gasteiger partial charge is 0.278 e. The molecule has 30 heavy (non-hydrogen) atoms. The van der Waals surface area contributed by atoms with Crippen LogP contribution in [0.1, 0.15) is 6.92 Å². The molecule has 0 atom stereocenters. The Balaban J connectivity index is 1.68. The fourth-order valence-corrected chi connectivity index (χ4v) is 3.09. The Morgan fingerprint density at radius 1 is 1.00 bits per heavy atom. The number of ether oxygens (including phenoxy) is 1. The van der Waals surface area contributed by atoms with Crippen molar-refractivity contribution in [2.24, 2.45) is 7.05 Å². The lowest BCUT2D eigenvalue weighted by molar-refractivity contribution is -0.0252. The molecule has 0 amide bonds. The largest absolute Gasteiger partial charge is 0.472 e. The van der Waals surface area contributed by atoms with Gasteiger partial charge >= 0.3 is 0 Å². The number of pyridine rings is 2. The first-order chi connectivity index (χ1) is 14.2. The Kier molecular flexibility index (Phi) is 4.85. The van der Waals surface area contributed by atoms with Gasteiger partial charge in [0, 0.05) is 26.4 Å². The second-order valence-electron chi connectivity index (χ2n) is 7.12. The van der Waals surface area contributed by atoms with E-state index in [2.05, 4.69) is 4.98 Å². The summed E-state index contributed by atoms with van der Waals surface area (Å²) in [6.07, 6.45) is 3.55. The van der Waals surface area contributed by atoms with Crippen LogP contribution in [0.5, 0.6) is 5.88 Å². The van der Waals surface area contributed by atoms with Crippen molar-refractivity contribution in [2.45, 2.75) is 12.8 Å². The summed E-state index contributed by atoms with van der Waals surface area (Å²) in [5.74, 6) is -3.26. The summed E-state index contributed by atoms with van der Waals surface area (Å²) in [7, 11) is 1.46. The van der Waals surface area contributed by atoms with Crippen molar-refractivity contribution >= 4 is 5.65 Å². The number of halogens is 3. The van der Waals surface area contributed by atoms with Gasteiger partial charge in [0.15, 0.2) is 12.5 Å². The molecule has 5 nitrogen and oxygen atoms in total. The molecule has 0 aliphatic carbocycles. The number of alkyl halides is 2. The lowest BCUT2D eigenvalue weighted by Gasteiger charge is -2.14. The van der Waals surface area contributed by atoms with Crippen molar-refractivity contribution in [1.29, 1.82) is 0 Å². The van der Waals surface area contributed by atoms with E-state index >= 15 is 0 Å². The van der Waals surface area contributed by atoms with E-state index in [1.807, 2.05) is 12.3 Å². The Bertz CT molecular complexity index is 1270. The van der Waals surface area contributed by atoms with Crippen LogP contribution < -0.4 is 10.3 Å². The Labute approximate surface area is 170 Å². The van der Waals surface area contributed by atoms with Crippen molar-refractivity contribution in [3.8, 4) is 28.3 Å². The predicted molar refractivity (Wildman–Crippen MR) is 107 cm³/mol. The molecule has 4 rings (SSSR count). The molecule has 8 heteroatoms. The summed E-state index contributed by atoms with van der Waals surface area (Å²) in [6, 6.07) is 12.8. The van der Waals surface area contributed by atoms with Gasteiger partial charge in [-0.25, -0.2) is 18.2 Å². The van der Waals surface area contributed by atoms with Crippen molar-refractivity contribution in [3.63, 3.8) is 0 Å². The minimum atomic E-state index is -3.00.